The SMILES string of the molecule is CCN1CCCC1CNC(=NCc1ccc(F)cc1)NCc1nnc(C)n1C.I. The minimum absolute atomic E-state index is 0. The molecule has 1 aliphatic rings. The second kappa shape index (κ2) is 11.4. The van der Waals surface area contributed by atoms with Crippen LogP contribution in [0.2, 0.25) is 0 Å². The number of nitrogens with one attached hydrogen (secondary N) is 2. The molecule has 1 unspecified atom stereocenters. The van der Waals surface area contributed by atoms with Crippen LogP contribution in [0.15, 0.2) is 29.3 Å². The van der Waals surface area contributed by atoms with Crippen LogP contribution < -0.4 is 10.6 Å². The maximum Gasteiger partial charge on any atom is 0.192 e. The van der Waals surface area contributed by atoms with E-state index < -0.39 is 0 Å². The molecule has 1 saturated heterocycles. The Morgan fingerprint density at radius 3 is 2.66 bits per heavy atom. The van der Waals surface area contributed by atoms with Crippen molar-refractivity contribution < 1.29 is 4.39 Å². The second-order valence-corrected chi connectivity index (χ2v) is 7.17. The van der Waals surface area contributed by atoms with Crippen LogP contribution >= 0.6 is 24.0 Å². The molecule has 3 rings (SSSR count). The summed E-state index contributed by atoms with van der Waals surface area (Å²) in [6, 6.07) is 6.98. The number of rotatable bonds is 7. The number of aliphatic imine (C=N–C) groups is 1. The summed E-state index contributed by atoms with van der Waals surface area (Å²) in [5.41, 5.74) is 0.966. The molecule has 0 amide bonds. The lowest BCUT2D eigenvalue weighted by atomic mass is 10.2. The molecule has 9 heteroatoms. The van der Waals surface area contributed by atoms with Gasteiger partial charge in [0.1, 0.15) is 11.6 Å². The van der Waals surface area contributed by atoms with Gasteiger partial charge in [-0.2, -0.15) is 0 Å². The number of likely N-dealkylation sites (N-methyl/N-ethyl adjacent to an activating group) is 1. The Labute approximate surface area is 189 Å². The van der Waals surface area contributed by atoms with Gasteiger partial charge in [-0.15, -0.1) is 34.2 Å². The molecule has 1 fully saturated rings. The summed E-state index contributed by atoms with van der Waals surface area (Å²) in [5.74, 6) is 2.22. The third kappa shape index (κ3) is 6.63. The van der Waals surface area contributed by atoms with Crippen LogP contribution in [0.5, 0.6) is 0 Å². The van der Waals surface area contributed by atoms with Crippen LogP contribution in [0.1, 0.15) is 37.0 Å². The summed E-state index contributed by atoms with van der Waals surface area (Å²) in [4.78, 5) is 7.18. The fourth-order valence-electron chi connectivity index (χ4n) is 3.46. The Morgan fingerprint density at radius 2 is 2.00 bits per heavy atom. The van der Waals surface area contributed by atoms with Crippen LogP contribution in [0.3, 0.4) is 0 Å². The van der Waals surface area contributed by atoms with Gasteiger partial charge >= 0.3 is 0 Å². The van der Waals surface area contributed by atoms with Gasteiger partial charge in [-0.25, -0.2) is 9.38 Å². The molecule has 0 saturated carbocycles. The van der Waals surface area contributed by atoms with Gasteiger partial charge in [-0.3, -0.25) is 4.90 Å². The molecule has 1 aromatic carbocycles. The first-order valence-electron chi connectivity index (χ1n) is 9.92. The zero-order valence-corrected chi connectivity index (χ0v) is 19.7. The van der Waals surface area contributed by atoms with Crippen molar-refractivity contribution in [1.29, 1.82) is 0 Å². The van der Waals surface area contributed by atoms with E-state index >= 15 is 0 Å². The number of aryl methyl sites for hydroxylation is 1. The molecule has 0 bridgehead atoms. The molecule has 1 aromatic heterocycles. The predicted octanol–water partition coefficient (Wildman–Crippen LogP) is 2.60. The van der Waals surface area contributed by atoms with Crippen molar-refractivity contribution in [1.82, 2.24) is 30.3 Å². The lowest BCUT2D eigenvalue weighted by Crippen LogP contribution is -2.44. The molecular weight excluding hydrogens is 484 g/mol. The van der Waals surface area contributed by atoms with E-state index in [1.165, 1.54) is 25.0 Å². The van der Waals surface area contributed by atoms with Crippen LogP contribution in [0.25, 0.3) is 0 Å². The molecule has 160 valence electrons. The molecule has 2 N–H and O–H groups in total. The number of likely N-dealkylation sites (tertiary alicyclic amines) is 1. The summed E-state index contributed by atoms with van der Waals surface area (Å²) < 4.78 is 15.1. The number of hydrogen-bond acceptors (Lipinski definition) is 4. The smallest absolute Gasteiger partial charge is 0.192 e. The van der Waals surface area contributed by atoms with Crippen molar-refractivity contribution in [2.45, 2.75) is 45.8 Å². The lowest BCUT2D eigenvalue weighted by molar-refractivity contribution is 0.267. The summed E-state index contributed by atoms with van der Waals surface area (Å²) in [6.07, 6.45) is 2.45. The molecule has 29 heavy (non-hydrogen) atoms. The van der Waals surface area contributed by atoms with Crippen molar-refractivity contribution >= 4 is 29.9 Å². The molecule has 0 spiro atoms. The molecule has 1 aliphatic heterocycles. The summed E-state index contributed by atoms with van der Waals surface area (Å²) in [7, 11) is 1.95. The number of aromatic nitrogens is 3. The standard InChI is InChI=1S/C20H30FN7.HI/c1-4-28-11-5-6-18(28)13-23-20(22-12-16-7-9-17(21)10-8-16)24-14-19-26-25-15(2)27(19)3;/h7-10,18H,4-6,11-14H2,1-3H3,(H2,22,23,24);1H. The third-order valence-electron chi connectivity index (χ3n) is 5.34. The highest BCUT2D eigenvalue weighted by molar-refractivity contribution is 14.0. The third-order valence-corrected chi connectivity index (χ3v) is 5.34. The summed E-state index contributed by atoms with van der Waals surface area (Å²) >= 11 is 0. The van der Waals surface area contributed by atoms with Gasteiger partial charge in [0.2, 0.25) is 0 Å². The zero-order chi connectivity index (χ0) is 19.9. The highest BCUT2D eigenvalue weighted by atomic mass is 127. The maximum absolute atomic E-state index is 13.1. The van der Waals surface area contributed by atoms with Gasteiger partial charge in [-0.05, 0) is 50.6 Å². The van der Waals surface area contributed by atoms with Crippen LogP contribution in [0.4, 0.5) is 4.39 Å². The Hall–Kier alpha value is -1.75. The summed E-state index contributed by atoms with van der Waals surface area (Å²) in [6.45, 7) is 8.23. The van der Waals surface area contributed by atoms with Crippen molar-refractivity contribution in [2.24, 2.45) is 12.0 Å². The number of hydrogen-bond donors (Lipinski definition) is 2. The fraction of sp³-hybridized carbons (Fsp3) is 0.550. The van der Waals surface area contributed by atoms with E-state index in [4.69, 9.17) is 0 Å². The minimum atomic E-state index is -0.234. The first kappa shape index (κ1) is 23.5. The predicted molar refractivity (Wildman–Crippen MR) is 124 cm³/mol. The zero-order valence-electron chi connectivity index (χ0n) is 17.4. The molecule has 0 radical (unpaired) electrons. The maximum atomic E-state index is 13.1. The Kier molecular flexibility index (Phi) is 9.28. The van der Waals surface area contributed by atoms with Gasteiger partial charge in [0, 0.05) is 19.6 Å². The monoisotopic (exact) mass is 515 g/mol. The number of nitrogens with zero attached hydrogens (tertiary/aromatic N) is 5. The van der Waals surface area contributed by atoms with E-state index in [-0.39, 0.29) is 29.8 Å². The Bertz CT molecular complexity index is 791. The quantitative estimate of drug-likeness (QED) is 0.337. The molecule has 2 aromatic rings. The summed E-state index contributed by atoms with van der Waals surface area (Å²) in [5, 5.41) is 15.1. The number of halogens is 2. The fourth-order valence-corrected chi connectivity index (χ4v) is 3.46. The molecule has 0 aliphatic carbocycles. The minimum Gasteiger partial charge on any atom is -0.355 e. The van der Waals surface area contributed by atoms with E-state index in [2.05, 4.69) is 37.6 Å². The molecule has 1 atom stereocenters. The van der Waals surface area contributed by atoms with Gasteiger partial charge < -0.3 is 15.2 Å². The highest BCUT2D eigenvalue weighted by Crippen LogP contribution is 2.15. The molecule has 2 heterocycles. The normalized spacial score (nSPS) is 17.2. The number of benzene rings is 1. The highest BCUT2D eigenvalue weighted by Gasteiger charge is 2.22. The van der Waals surface area contributed by atoms with E-state index in [1.807, 2.05) is 18.5 Å². The first-order chi connectivity index (χ1) is 13.6. The molecular formula is C20H31FIN7. The first-order valence-corrected chi connectivity index (χ1v) is 9.92. The number of guanidine groups is 1. The van der Waals surface area contributed by atoms with Crippen LogP contribution in [0, 0.1) is 12.7 Å². The van der Waals surface area contributed by atoms with Gasteiger partial charge in [0.15, 0.2) is 11.8 Å². The average molecular weight is 515 g/mol. The van der Waals surface area contributed by atoms with Crippen molar-refractivity contribution in [3.05, 3.63) is 47.3 Å². The molecule has 7 nitrogen and oxygen atoms in total. The Balaban J connectivity index is 0.00000300. The van der Waals surface area contributed by atoms with Crippen molar-refractivity contribution in [3.8, 4) is 0 Å². The largest absolute Gasteiger partial charge is 0.355 e. The van der Waals surface area contributed by atoms with E-state index in [9.17, 15) is 4.39 Å². The van der Waals surface area contributed by atoms with Crippen molar-refractivity contribution in [2.75, 3.05) is 19.6 Å². The van der Waals surface area contributed by atoms with Gasteiger partial charge in [0.25, 0.3) is 0 Å². The van der Waals surface area contributed by atoms with E-state index in [0.717, 1.165) is 42.8 Å². The van der Waals surface area contributed by atoms with Crippen LogP contribution in [-0.4, -0.2) is 51.3 Å². The van der Waals surface area contributed by atoms with Crippen molar-refractivity contribution in [3.63, 3.8) is 0 Å². The van der Waals surface area contributed by atoms with Gasteiger partial charge in [-0.1, -0.05) is 19.1 Å². The van der Waals surface area contributed by atoms with Crippen LogP contribution in [-0.2, 0) is 20.1 Å². The average Bonchev–Trinajstić information content (AvgIpc) is 3.29. The second-order valence-electron chi connectivity index (χ2n) is 7.17. The van der Waals surface area contributed by atoms with E-state index in [1.54, 1.807) is 12.1 Å². The van der Waals surface area contributed by atoms with E-state index in [0.29, 0.717) is 19.1 Å². The lowest BCUT2D eigenvalue weighted by Gasteiger charge is -2.24. The Morgan fingerprint density at radius 1 is 1.24 bits per heavy atom. The topological polar surface area (TPSA) is 70.4 Å². The van der Waals surface area contributed by atoms with Gasteiger partial charge in [0.05, 0.1) is 13.1 Å².